The van der Waals surface area contributed by atoms with Gasteiger partial charge in [0.15, 0.2) is 0 Å². The van der Waals surface area contributed by atoms with Crippen LogP contribution in [0.2, 0.25) is 0 Å². The van der Waals surface area contributed by atoms with Crippen LogP contribution >= 0.6 is 0 Å². The maximum atomic E-state index is 11.9. The number of hydrogen-bond donors (Lipinski definition) is 2. The Hall–Kier alpha value is -1.10. The smallest absolute Gasteiger partial charge is 0.241 e. The van der Waals surface area contributed by atoms with Crippen LogP contribution in [-0.4, -0.2) is 48.4 Å². The lowest BCUT2D eigenvalue weighted by Gasteiger charge is -2.28. The number of carbonyl (C=O) groups is 2. The lowest BCUT2D eigenvalue weighted by atomic mass is 10.0. The van der Waals surface area contributed by atoms with Crippen molar-refractivity contribution < 1.29 is 9.59 Å². The Labute approximate surface area is 109 Å². The summed E-state index contributed by atoms with van der Waals surface area (Å²) >= 11 is 0. The lowest BCUT2D eigenvalue weighted by molar-refractivity contribution is -0.135. The van der Waals surface area contributed by atoms with E-state index < -0.39 is 5.54 Å². The minimum absolute atomic E-state index is 0.0235. The molecule has 0 aromatic rings. The van der Waals surface area contributed by atoms with Crippen LogP contribution in [0.15, 0.2) is 0 Å². The number of nitrogens with one attached hydrogen (secondary N) is 2. The Kier molecular flexibility index (Phi) is 5.59. The summed E-state index contributed by atoms with van der Waals surface area (Å²) in [5.74, 6) is -0.106. The molecule has 1 rings (SSSR count). The summed E-state index contributed by atoms with van der Waals surface area (Å²) in [6, 6.07) is 0. The van der Waals surface area contributed by atoms with Crippen molar-refractivity contribution in [3.63, 3.8) is 0 Å². The van der Waals surface area contributed by atoms with Crippen molar-refractivity contribution in [2.45, 2.75) is 45.6 Å². The van der Waals surface area contributed by atoms with E-state index in [4.69, 9.17) is 0 Å². The summed E-state index contributed by atoms with van der Waals surface area (Å²) in [4.78, 5) is 25.6. The van der Waals surface area contributed by atoms with Gasteiger partial charge in [-0.3, -0.25) is 9.59 Å². The number of carbonyl (C=O) groups excluding carboxylic acids is 2. The van der Waals surface area contributed by atoms with Crippen LogP contribution in [0.1, 0.15) is 40.0 Å². The molecule has 0 bridgehead atoms. The van der Waals surface area contributed by atoms with Crippen LogP contribution < -0.4 is 10.6 Å². The molecule has 5 heteroatoms. The van der Waals surface area contributed by atoms with Gasteiger partial charge in [0.1, 0.15) is 0 Å². The molecule has 0 unspecified atom stereocenters. The van der Waals surface area contributed by atoms with Crippen molar-refractivity contribution in [3.05, 3.63) is 0 Å². The standard InChI is InChI=1S/C13H25N3O2/c1-4-15-13(2,3)12(18)14-10-11(17)16-8-6-5-7-9-16/h15H,4-10H2,1-3H3,(H,14,18). The Morgan fingerprint density at radius 1 is 1.17 bits per heavy atom. The summed E-state index contributed by atoms with van der Waals surface area (Å²) in [5.41, 5.74) is -0.628. The van der Waals surface area contributed by atoms with Gasteiger partial charge in [-0.1, -0.05) is 6.92 Å². The molecule has 1 aliphatic heterocycles. The van der Waals surface area contributed by atoms with Crippen LogP contribution in [0.25, 0.3) is 0 Å². The highest BCUT2D eigenvalue weighted by Crippen LogP contribution is 2.08. The van der Waals surface area contributed by atoms with E-state index in [2.05, 4.69) is 10.6 Å². The first kappa shape index (κ1) is 15.0. The molecule has 5 nitrogen and oxygen atoms in total. The zero-order valence-corrected chi connectivity index (χ0v) is 11.7. The van der Waals surface area contributed by atoms with E-state index in [0.717, 1.165) is 32.5 Å². The second-order valence-corrected chi connectivity index (χ2v) is 5.28. The maximum absolute atomic E-state index is 11.9. The number of piperidine rings is 1. The van der Waals surface area contributed by atoms with E-state index in [1.165, 1.54) is 6.42 Å². The first-order valence-corrected chi connectivity index (χ1v) is 6.78. The molecule has 0 atom stereocenters. The SMILES string of the molecule is CCNC(C)(C)C(=O)NCC(=O)N1CCCCC1. The Morgan fingerprint density at radius 3 is 2.33 bits per heavy atom. The molecule has 1 aliphatic rings. The molecular formula is C13H25N3O2. The molecule has 1 saturated heterocycles. The molecule has 104 valence electrons. The van der Waals surface area contributed by atoms with Crippen molar-refractivity contribution in [1.82, 2.24) is 15.5 Å². The minimum Gasteiger partial charge on any atom is -0.345 e. The summed E-state index contributed by atoms with van der Waals surface area (Å²) in [5, 5.41) is 5.80. The van der Waals surface area contributed by atoms with Crippen LogP contribution in [-0.2, 0) is 9.59 Å². The summed E-state index contributed by atoms with van der Waals surface area (Å²) in [6.07, 6.45) is 3.34. The monoisotopic (exact) mass is 255 g/mol. The fourth-order valence-corrected chi connectivity index (χ4v) is 2.15. The molecule has 1 fully saturated rings. The average Bonchev–Trinajstić information content (AvgIpc) is 2.36. The molecule has 0 radical (unpaired) electrons. The number of hydrogen-bond acceptors (Lipinski definition) is 3. The number of rotatable bonds is 5. The third-order valence-electron chi connectivity index (χ3n) is 3.30. The highest BCUT2D eigenvalue weighted by molar-refractivity contribution is 5.89. The van der Waals surface area contributed by atoms with Crippen molar-refractivity contribution in [1.29, 1.82) is 0 Å². The number of likely N-dealkylation sites (N-methyl/N-ethyl adjacent to an activating group) is 1. The Bertz CT molecular complexity index is 297. The van der Waals surface area contributed by atoms with Crippen LogP contribution in [0.5, 0.6) is 0 Å². The van der Waals surface area contributed by atoms with E-state index in [1.807, 2.05) is 25.7 Å². The molecular weight excluding hydrogens is 230 g/mol. The minimum atomic E-state index is -0.628. The largest absolute Gasteiger partial charge is 0.345 e. The molecule has 18 heavy (non-hydrogen) atoms. The van der Waals surface area contributed by atoms with E-state index >= 15 is 0 Å². The summed E-state index contributed by atoms with van der Waals surface area (Å²) < 4.78 is 0. The van der Waals surface area contributed by atoms with Gasteiger partial charge < -0.3 is 15.5 Å². The van der Waals surface area contributed by atoms with E-state index in [0.29, 0.717) is 0 Å². The molecule has 2 N–H and O–H groups in total. The predicted octanol–water partition coefficient (Wildman–Crippen LogP) is 0.503. The second kappa shape index (κ2) is 6.73. The fraction of sp³-hybridized carbons (Fsp3) is 0.846. The van der Waals surface area contributed by atoms with Crippen molar-refractivity contribution in [2.75, 3.05) is 26.2 Å². The zero-order valence-electron chi connectivity index (χ0n) is 11.7. The normalized spacial score (nSPS) is 16.5. The van der Waals surface area contributed by atoms with Gasteiger partial charge in [-0.15, -0.1) is 0 Å². The first-order chi connectivity index (χ1) is 8.47. The van der Waals surface area contributed by atoms with Crippen LogP contribution in [0, 0.1) is 0 Å². The van der Waals surface area contributed by atoms with Crippen molar-refractivity contribution in [2.24, 2.45) is 0 Å². The van der Waals surface area contributed by atoms with Crippen molar-refractivity contribution in [3.8, 4) is 0 Å². The third kappa shape index (κ3) is 4.29. The van der Waals surface area contributed by atoms with E-state index in [1.54, 1.807) is 0 Å². The Balaban J connectivity index is 2.35. The maximum Gasteiger partial charge on any atom is 0.241 e. The molecule has 0 aromatic heterocycles. The van der Waals surface area contributed by atoms with Gasteiger partial charge in [0.25, 0.3) is 0 Å². The average molecular weight is 255 g/mol. The van der Waals surface area contributed by atoms with Gasteiger partial charge in [0.2, 0.25) is 11.8 Å². The quantitative estimate of drug-likeness (QED) is 0.752. The third-order valence-corrected chi connectivity index (χ3v) is 3.30. The molecule has 0 spiro atoms. The summed E-state index contributed by atoms with van der Waals surface area (Å²) in [7, 11) is 0. The zero-order chi connectivity index (χ0) is 13.6. The van der Waals surface area contributed by atoms with E-state index in [9.17, 15) is 9.59 Å². The lowest BCUT2D eigenvalue weighted by Crippen LogP contribution is -2.54. The van der Waals surface area contributed by atoms with Gasteiger partial charge >= 0.3 is 0 Å². The van der Waals surface area contributed by atoms with Gasteiger partial charge in [0, 0.05) is 13.1 Å². The second-order valence-electron chi connectivity index (χ2n) is 5.28. The van der Waals surface area contributed by atoms with E-state index in [-0.39, 0.29) is 18.4 Å². The fourth-order valence-electron chi connectivity index (χ4n) is 2.15. The number of nitrogens with zero attached hydrogens (tertiary/aromatic N) is 1. The van der Waals surface area contributed by atoms with Crippen LogP contribution in [0.3, 0.4) is 0 Å². The highest BCUT2D eigenvalue weighted by Gasteiger charge is 2.27. The van der Waals surface area contributed by atoms with Gasteiger partial charge in [-0.25, -0.2) is 0 Å². The van der Waals surface area contributed by atoms with Gasteiger partial charge in [-0.2, -0.15) is 0 Å². The number of likely N-dealkylation sites (tertiary alicyclic amines) is 1. The highest BCUT2D eigenvalue weighted by atomic mass is 16.2. The molecule has 0 saturated carbocycles. The Morgan fingerprint density at radius 2 is 1.78 bits per heavy atom. The molecule has 1 heterocycles. The van der Waals surface area contributed by atoms with Crippen LogP contribution in [0.4, 0.5) is 0 Å². The van der Waals surface area contributed by atoms with Gasteiger partial charge in [0.05, 0.1) is 12.1 Å². The molecule has 0 aromatic carbocycles. The van der Waals surface area contributed by atoms with Gasteiger partial charge in [-0.05, 0) is 39.7 Å². The topological polar surface area (TPSA) is 61.4 Å². The predicted molar refractivity (Wildman–Crippen MR) is 71.2 cm³/mol. The summed E-state index contributed by atoms with van der Waals surface area (Å²) in [6.45, 7) is 8.06. The molecule has 2 amide bonds. The molecule has 0 aliphatic carbocycles. The number of amides is 2. The van der Waals surface area contributed by atoms with Crippen molar-refractivity contribution >= 4 is 11.8 Å². The first-order valence-electron chi connectivity index (χ1n) is 6.78.